The van der Waals surface area contributed by atoms with Gasteiger partial charge in [-0.1, -0.05) is 382 Å². The minimum atomic E-state index is 0.993. The van der Waals surface area contributed by atoms with Gasteiger partial charge in [0.25, 0.3) is 0 Å². The smallest absolute Gasteiger partial charge is 0.125 e. The highest BCUT2D eigenvalue weighted by Crippen LogP contribution is 2.52. The number of rotatable bonds is 9. The summed E-state index contributed by atoms with van der Waals surface area (Å²) >= 11 is 5.41. The Kier molecular flexibility index (Phi) is 19.6. The first kappa shape index (κ1) is 81.8. The minimum absolute atomic E-state index is 0.993. The van der Waals surface area contributed by atoms with E-state index in [1.807, 2.05) is 22.7 Å². The van der Waals surface area contributed by atoms with Gasteiger partial charge in [-0.15, -0.1) is 34.0 Å². The Balaban J connectivity index is 0.000000104. The monoisotopic (exact) mass is 1840 g/mol. The summed E-state index contributed by atoms with van der Waals surface area (Å²) in [5, 5.41) is 36.2. The Morgan fingerprint density at radius 3 is 0.759 bits per heavy atom. The predicted molar refractivity (Wildman–Crippen MR) is 610 cm³/mol. The Hall–Kier alpha value is -17.5. The normalized spacial score (nSPS) is 11.8. The van der Waals surface area contributed by atoms with Gasteiger partial charge in [0, 0.05) is 68.6 Å². The first-order valence-corrected chi connectivity index (χ1v) is 50.6. The lowest BCUT2D eigenvalue weighted by Gasteiger charge is -2.19. The lowest BCUT2D eigenvalue weighted by atomic mass is 9.84. The van der Waals surface area contributed by atoms with Crippen LogP contribution < -0.4 is 0 Å². The highest BCUT2D eigenvalue weighted by molar-refractivity contribution is 7.26. The molecule has 0 spiro atoms. The van der Waals surface area contributed by atoms with Crippen molar-refractivity contribution in [2.45, 2.75) is 0 Å². The molecule has 0 N–H and O–H groups in total. The largest absolute Gasteiger partial charge is 0.256 e. The molecular weight excluding hydrogens is 1760 g/mol. The van der Waals surface area contributed by atoms with Gasteiger partial charge < -0.3 is 0 Å². The molecule has 6 heterocycles. The molecule has 0 bridgehead atoms. The Bertz CT molecular complexity index is 10100. The molecule has 141 heavy (non-hydrogen) atoms. The van der Waals surface area contributed by atoms with E-state index < -0.39 is 0 Å². The maximum Gasteiger partial charge on any atom is 0.125 e. The molecule has 0 atom stereocenters. The quantitative estimate of drug-likeness (QED) is 0.135. The maximum absolute atomic E-state index is 5.27. The van der Waals surface area contributed by atoms with Gasteiger partial charge in [0.15, 0.2) is 0 Å². The molecule has 30 rings (SSSR count). The summed E-state index contributed by atoms with van der Waals surface area (Å²) in [4.78, 5) is 16.6. The zero-order valence-corrected chi connectivity index (χ0v) is 78.8. The van der Waals surface area contributed by atoms with Crippen molar-refractivity contribution in [3.05, 3.63) is 492 Å². The fourth-order valence-electron chi connectivity index (χ4n) is 22.2. The number of benzene rings is 24. The second-order valence-corrected chi connectivity index (χ2v) is 40.2. The molecule has 0 fully saturated rings. The van der Waals surface area contributed by atoms with Crippen LogP contribution in [0.25, 0.3) is 291 Å². The lowest BCUT2D eigenvalue weighted by molar-refractivity contribution is 1.37. The Morgan fingerprint density at radius 2 is 0.390 bits per heavy atom. The number of pyridine rings is 3. The van der Waals surface area contributed by atoms with Gasteiger partial charge in [-0.3, -0.25) is 4.98 Å². The van der Waals surface area contributed by atoms with E-state index in [0.717, 1.165) is 44.1 Å². The van der Waals surface area contributed by atoms with Crippen LogP contribution in [0.4, 0.5) is 0 Å². The third-order valence-electron chi connectivity index (χ3n) is 28.9. The van der Waals surface area contributed by atoms with E-state index in [1.165, 1.54) is 246 Å². The van der Waals surface area contributed by atoms with E-state index in [1.54, 1.807) is 11.3 Å². The Morgan fingerprint density at radius 1 is 0.135 bits per heavy atom. The van der Waals surface area contributed by atoms with Crippen LogP contribution in [0, 0.1) is 0 Å². The van der Waals surface area contributed by atoms with Crippen molar-refractivity contribution in [1.82, 2.24) is 15.0 Å². The molecule has 0 aliphatic carbocycles. The van der Waals surface area contributed by atoms with Crippen molar-refractivity contribution in [3.8, 4) is 101 Å². The number of aromatic nitrogens is 3. The average molecular weight is 1840 g/mol. The zero-order valence-electron chi connectivity index (χ0n) is 76.3. The van der Waals surface area contributed by atoms with Gasteiger partial charge in [-0.25, -0.2) is 9.97 Å². The highest BCUT2D eigenvalue weighted by atomic mass is 32.1. The van der Waals surface area contributed by atoms with Crippen molar-refractivity contribution in [3.63, 3.8) is 0 Å². The number of thiophene rings is 3. The van der Waals surface area contributed by atoms with Crippen LogP contribution in [0.1, 0.15) is 0 Å². The van der Waals surface area contributed by atoms with Crippen LogP contribution in [0.15, 0.2) is 492 Å². The first-order chi connectivity index (χ1) is 69.8. The van der Waals surface area contributed by atoms with Crippen LogP contribution >= 0.6 is 34.0 Å². The molecule has 0 aliphatic heterocycles. The molecule has 30 aromatic rings. The second kappa shape index (κ2) is 33.7. The van der Waals surface area contributed by atoms with Crippen molar-refractivity contribution in [2.24, 2.45) is 0 Å². The molecule has 6 heteroatoms. The van der Waals surface area contributed by atoms with Crippen LogP contribution in [-0.2, 0) is 0 Å². The standard InChI is InChI=1S/3C45H27NS/c1-3-11-30-23-33(19-17-28(30)9-1)44-36-14-5-6-15-37(36)45(34-20-18-29-10-2-4-12-31(29)24-34)39-25-32(21-22-38(39)44)41-26-43-40(27-46-41)35-13-7-8-16-42(35)47-43;1-3-11-30-25-33(19-17-28(30)9-1)43-36-14-5-6-15-37(36)44(34-20-18-29-10-2-4-12-31(29)26-34)40-27-32(21-22-38(40)43)41-24-23-39-35-13-7-8-16-42(35)47-45(39)46-41;1-3-11-30-25-33(19-17-28(30)9-1)43-35-13-5-6-14-36(35)44(34-20-18-29-10-2-4-12-31(29)26-34)39-27-32(21-22-37(39)43)40-23-24-42-45(46-40)38-15-7-8-16-41(38)47-42/h3*1-27H. The summed E-state index contributed by atoms with van der Waals surface area (Å²) < 4.78 is 6.33. The summed E-state index contributed by atoms with van der Waals surface area (Å²) in [6.45, 7) is 0. The predicted octanol–water partition coefficient (Wildman–Crippen LogP) is 39.2. The number of hydrogen-bond acceptors (Lipinski definition) is 6. The fourth-order valence-corrected chi connectivity index (χ4v) is 25.5. The molecule has 654 valence electrons. The average Bonchev–Trinajstić information content (AvgIpc) is 0.855. The van der Waals surface area contributed by atoms with Crippen LogP contribution in [0.2, 0.25) is 0 Å². The number of nitrogens with zero attached hydrogens (tertiary/aromatic N) is 3. The lowest BCUT2D eigenvalue weighted by Crippen LogP contribution is -1.92. The van der Waals surface area contributed by atoms with E-state index in [4.69, 9.17) is 15.0 Å². The van der Waals surface area contributed by atoms with Gasteiger partial charge >= 0.3 is 0 Å². The summed E-state index contributed by atoms with van der Waals surface area (Å²) in [6.07, 6.45) is 2.05. The summed E-state index contributed by atoms with van der Waals surface area (Å²) in [7, 11) is 0. The van der Waals surface area contributed by atoms with E-state index in [9.17, 15) is 0 Å². The van der Waals surface area contributed by atoms with Crippen molar-refractivity contribution >= 4 is 224 Å². The Labute approximate surface area is 824 Å². The summed E-state index contributed by atoms with van der Waals surface area (Å²) in [6, 6.07) is 178. The molecule has 3 nitrogen and oxygen atoms in total. The fraction of sp³-hybridized carbons (Fsp3) is 0. The molecule has 0 unspecified atom stereocenters. The van der Waals surface area contributed by atoms with Gasteiger partial charge in [0.2, 0.25) is 0 Å². The third kappa shape index (κ3) is 14.2. The van der Waals surface area contributed by atoms with E-state index >= 15 is 0 Å². The molecule has 0 saturated heterocycles. The van der Waals surface area contributed by atoms with Gasteiger partial charge in [0.05, 0.1) is 27.3 Å². The zero-order chi connectivity index (χ0) is 92.7. The van der Waals surface area contributed by atoms with Crippen LogP contribution in [-0.4, -0.2) is 15.0 Å². The van der Waals surface area contributed by atoms with E-state index in [-0.39, 0.29) is 0 Å². The molecule has 0 radical (unpaired) electrons. The second-order valence-electron chi connectivity index (χ2n) is 37.0. The van der Waals surface area contributed by atoms with Gasteiger partial charge in [0.1, 0.15) is 4.83 Å². The molecule has 0 aliphatic rings. The van der Waals surface area contributed by atoms with Crippen molar-refractivity contribution in [1.29, 1.82) is 0 Å². The van der Waals surface area contributed by atoms with Crippen LogP contribution in [0.5, 0.6) is 0 Å². The number of fused-ring (bicyclic) bond motifs is 21. The number of hydrogen-bond donors (Lipinski definition) is 0. The van der Waals surface area contributed by atoms with Gasteiger partial charge in [-0.2, -0.15) is 0 Å². The van der Waals surface area contributed by atoms with E-state index in [0.29, 0.717) is 0 Å². The molecule has 0 saturated carbocycles. The van der Waals surface area contributed by atoms with Crippen molar-refractivity contribution in [2.75, 3.05) is 0 Å². The summed E-state index contributed by atoms with van der Waals surface area (Å²) in [5.41, 5.74) is 22.4. The van der Waals surface area contributed by atoms with Gasteiger partial charge in [-0.05, 0) is 299 Å². The van der Waals surface area contributed by atoms with Crippen molar-refractivity contribution < 1.29 is 0 Å². The molecule has 6 aromatic heterocycles. The third-order valence-corrected chi connectivity index (χ3v) is 32.3. The first-order valence-electron chi connectivity index (χ1n) is 48.1. The van der Waals surface area contributed by atoms with E-state index in [2.05, 4.69) is 492 Å². The summed E-state index contributed by atoms with van der Waals surface area (Å²) in [5.74, 6) is 0. The highest BCUT2D eigenvalue weighted by Gasteiger charge is 2.25. The van der Waals surface area contributed by atoms with Crippen LogP contribution in [0.3, 0.4) is 0 Å². The minimum Gasteiger partial charge on any atom is -0.256 e. The molecule has 24 aromatic carbocycles. The topological polar surface area (TPSA) is 38.7 Å². The molecule has 0 amide bonds. The SMILES string of the molecule is c1ccc2cc(-c3c4ccccc4c(-c4ccc5ccccc5c4)c4cc(-c5cc6sc7ccccc7c6cn5)ccc34)ccc2c1.c1ccc2cc(-c3c4ccccc4c(-c4ccc5ccccc5c4)c4cc(-c5ccc6c(n5)sc5ccccc56)ccc34)ccc2c1.c1ccc2cc(-c3c4ccccc4c(-c4ccc5ccccc5c4)c4cc(-c5ccc6sc7ccccc7c6n5)ccc34)ccc2c1. The maximum atomic E-state index is 5.27. The molecular formula is C135H81N3S3.